The zero-order valence-corrected chi connectivity index (χ0v) is 15.7. The number of hydrogen-bond donors (Lipinski definition) is 0. The molecule has 0 bridgehead atoms. The quantitative estimate of drug-likeness (QED) is 0.650. The second kappa shape index (κ2) is 7.32. The molecule has 5 heteroatoms. The highest BCUT2D eigenvalue weighted by molar-refractivity contribution is 6.33. The molecule has 0 amide bonds. The minimum absolute atomic E-state index is 0.518. The van der Waals surface area contributed by atoms with Gasteiger partial charge >= 0.3 is 0 Å². The molecule has 0 unspecified atom stereocenters. The van der Waals surface area contributed by atoms with Crippen LogP contribution < -0.4 is 10.2 Å². The Labute approximate surface area is 150 Å². The summed E-state index contributed by atoms with van der Waals surface area (Å²) >= 11 is 0. The molecule has 0 saturated carbocycles. The van der Waals surface area contributed by atoms with Crippen molar-refractivity contribution in [3.05, 3.63) is 42.0 Å². The molecule has 25 heavy (non-hydrogen) atoms. The van der Waals surface area contributed by atoms with E-state index in [4.69, 9.17) is 14.5 Å². The van der Waals surface area contributed by atoms with Gasteiger partial charge in [-0.1, -0.05) is 43.6 Å². The smallest absolute Gasteiger partial charge is 0.144 e. The summed E-state index contributed by atoms with van der Waals surface area (Å²) in [6.07, 6.45) is 0. The highest BCUT2D eigenvalue weighted by Crippen LogP contribution is 2.31. The average molecular weight is 336 g/mol. The normalized spacial score (nSPS) is 11.4. The predicted molar refractivity (Wildman–Crippen MR) is 106 cm³/mol. The van der Waals surface area contributed by atoms with Crippen LogP contribution in [0.1, 0.15) is 25.3 Å². The molecule has 0 fully saturated rings. The molecule has 0 aliphatic rings. The van der Waals surface area contributed by atoms with Gasteiger partial charge in [0.15, 0.2) is 0 Å². The van der Waals surface area contributed by atoms with Gasteiger partial charge in [0.05, 0.1) is 19.2 Å². The standard InChI is InChI=1S/C20H25BN2O2/c1-13(2)14-5-7-15(8-6-14)20-22-17-11-16(21)12-18(25-4)19(17)23(20)9-10-24-3/h5-8,11-13H,9-10,21H2,1-4H3. The molecule has 0 aliphatic heterocycles. The number of methoxy groups -OCH3 is 2. The van der Waals surface area contributed by atoms with Gasteiger partial charge in [-0.3, -0.25) is 0 Å². The lowest BCUT2D eigenvalue weighted by molar-refractivity contribution is 0.188. The lowest BCUT2D eigenvalue weighted by atomic mass is 9.95. The van der Waals surface area contributed by atoms with E-state index >= 15 is 0 Å². The number of aromatic nitrogens is 2. The summed E-state index contributed by atoms with van der Waals surface area (Å²) in [5.41, 5.74) is 5.56. The van der Waals surface area contributed by atoms with Crippen LogP contribution in [0.4, 0.5) is 0 Å². The lowest BCUT2D eigenvalue weighted by Crippen LogP contribution is -2.08. The minimum Gasteiger partial charge on any atom is -0.495 e. The lowest BCUT2D eigenvalue weighted by Gasteiger charge is -2.12. The summed E-state index contributed by atoms with van der Waals surface area (Å²) < 4.78 is 13.1. The van der Waals surface area contributed by atoms with E-state index in [1.54, 1.807) is 14.2 Å². The van der Waals surface area contributed by atoms with Gasteiger partial charge in [0, 0.05) is 19.2 Å². The zero-order chi connectivity index (χ0) is 18.0. The van der Waals surface area contributed by atoms with Crippen LogP contribution in [-0.4, -0.2) is 38.2 Å². The molecule has 0 spiro atoms. The number of fused-ring (bicyclic) bond motifs is 1. The van der Waals surface area contributed by atoms with E-state index in [2.05, 4.69) is 62.7 Å². The van der Waals surface area contributed by atoms with Crippen molar-refractivity contribution in [2.24, 2.45) is 0 Å². The number of benzene rings is 2. The van der Waals surface area contributed by atoms with Gasteiger partial charge in [-0.15, -0.1) is 0 Å². The van der Waals surface area contributed by atoms with E-state index in [9.17, 15) is 0 Å². The van der Waals surface area contributed by atoms with Crippen LogP contribution in [0.3, 0.4) is 0 Å². The monoisotopic (exact) mass is 336 g/mol. The van der Waals surface area contributed by atoms with Crippen LogP contribution in [0.15, 0.2) is 36.4 Å². The third kappa shape index (κ3) is 3.42. The molecular formula is C20H25BN2O2. The number of nitrogens with zero attached hydrogens (tertiary/aromatic N) is 2. The van der Waals surface area contributed by atoms with Gasteiger partial charge in [0.25, 0.3) is 0 Å². The predicted octanol–water partition coefficient (Wildman–Crippen LogP) is 2.74. The average Bonchev–Trinajstić information content (AvgIpc) is 2.97. The van der Waals surface area contributed by atoms with Crippen molar-refractivity contribution >= 4 is 24.3 Å². The maximum absolute atomic E-state index is 5.63. The first-order valence-electron chi connectivity index (χ1n) is 8.69. The first-order chi connectivity index (χ1) is 12.0. The van der Waals surface area contributed by atoms with Crippen molar-refractivity contribution in [1.29, 1.82) is 0 Å². The fraction of sp³-hybridized carbons (Fsp3) is 0.350. The van der Waals surface area contributed by atoms with Gasteiger partial charge in [-0.25, -0.2) is 4.98 Å². The first-order valence-corrected chi connectivity index (χ1v) is 8.69. The number of rotatable bonds is 6. The van der Waals surface area contributed by atoms with Gasteiger partial charge in [-0.05, 0) is 23.6 Å². The van der Waals surface area contributed by atoms with Crippen molar-refractivity contribution in [3.63, 3.8) is 0 Å². The summed E-state index contributed by atoms with van der Waals surface area (Å²) in [5.74, 6) is 2.32. The van der Waals surface area contributed by atoms with Crippen molar-refractivity contribution in [1.82, 2.24) is 9.55 Å². The third-order valence-corrected chi connectivity index (χ3v) is 4.53. The van der Waals surface area contributed by atoms with E-state index in [0.29, 0.717) is 12.5 Å². The summed E-state index contributed by atoms with van der Waals surface area (Å²) in [6.45, 7) is 5.76. The molecule has 0 N–H and O–H groups in total. The fourth-order valence-corrected chi connectivity index (χ4v) is 3.16. The Balaban J connectivity index is 2.19. The molecule has 2 aromatic carbocycles. The van der Waals surface area contributed by atoms with E-state index in [-0.39, 0.29) is 0 Å². The SMILES string of the molecule is Bc1cc(OC)c2c(c1)nc(-c1ccc(C(C)C)cc1)n2CCOC. The van der Waals surface area contributed by atoms with Crippen LogP contribution in [-0.2, 0) is 11.3 Å². The largest absolute Gasteiger partial charge is 0.495 e. The summed E-state index contributed by atoms with van der Waals surface area (Å²) in [6, 6.07) is 12.8. The van der Waals surface area contributed by atoms with Crippen molar-refractivity contribution < 1.29 is 9.47 Å². The van der Waals surface area contributed by atoms with Crippen LogP contribution >= 0.6 is 0 Å². The van der Waals surface area contributed by atoms with Crippen LogP contribution in [0.25, 0.3) is 22.4 Å². The van der Waals surface area contributed by atoms with E-state index in [0.717, 1.165) is 40.2 Å². The Morgan fingerprint density at radius 3 is 2.44 bits per heavy atom. The van der Waals surface area contributed by atoms with E-state index < -0.39 is 0 Å². The Hall–Kier alpha value is -2.27. The molecule has 1 aromatic heterocycles. The molecule has 3 rings (SSSR count). The molecule has 0 radical (unpaired) electrons. The van der Waals surface area contributed by atoms with Gasteiger partial charge in [0.1, 0.15) is 24.9 Å². The number of ether oxygens (including phenoxy) is 2. The molecular weight excluding hydrogens is 311 g/mol. The Morgan fingerprint density at radius 2 is 1.84 bits per heavy atom. The van der Waals surface area contributed by atoms with Crippen molar-refractivity contribution in [3.8, 4) is 17.1 Å². The molecule has 3 aromatic rings. The maximum atomic E-state index is 5.63. The Bertz CT molecular complexity index is 870. The zero-order valence-electron chi connectivity index (χ0n) is 15.7. The molecule has 130 valence electrons. The van der Waals surface area contributed by atoms with Gasteiger partial charge in [0.2, 0.25) is 0 Å². The Morgan fingerprint density at radius 1 is 1.12 bits per heavy atom. The van der Waals surface area contributed by atoms with E-state index in [1.165, 1.54) is 5.56 Å². The van der Waals surface area contributed by atoms with E-state index in [1.807, 2.05) is 0 Å². The summed E-state index contributed by atoms with van der Waals surface area (Å²) in [5, 5.41) is 0. The van der Waals surface area contributed by atoms with Crippen molar-refractivity contribution in [2.75, 3.05) is 20.8 Å². The fourth-order valence-electron chi connectivity index (χ4n) is 3.16. The molecule has 0 aliphatic carbocycles. The molecule has 0 saturated heterocycles. The van der Waals surface area contributed by atoms with Crippen LogP contribution in [0.5, 0.6) is 5.75 Å². The van der Waals surface area contributed by atoms with Crippen molar-refractivity contribution in [2.45, 2.75) is 26.3 Å². The molecule has 4 nitrogen and oxygen atoms in total. The Kier molecular flexibility index (Phi) is 5.14. The summed E-state index contributed by atoms with van der Waals surface area (Å²) in [4.78, 5) is 4.91. The highest BCUT2D eigenvalue weighted by Gasteiger charge is 2.17. The van der Waals surface area contributed by atoms with Crippen LogP contribution in [0, 0.1) is 0 Å². The topological polar surface area (TPSA) is 36.3 Å². The molecule has 1 heterocycles. The number of hydrogen-bond acceptors (Lipinski definition) is 3. The van der Waals surface area contributed by atoms with Gasteiger partial charge < -0.3 is 14.0 Å². The minimum atomic E-state index is 0.518. The second-order valence-corrected chi connectivity index (χ2v) is 6.69. The van der Waals surface area contributed by atoms with Gasteiger partial charge in [-0.2, -0.15) is 0 Å². The summed E-state index contributed by atoms with van der Waals surface area (Å²) in [7, 11) is 5.49. The molecule has 0 atom stereocenters. The second-order valence-electron chi connectivity index (χ2n) is 6.69. The number of imidazole rings is 1. The highest BCUT2D eigenvalue weighted by atomic mass is 16.5. The maximum Gasteiger partial charge on any atom is 0.144 e. The van der Waals surface area contributed by atoms with Crippen LogP contribution in [0.2, 0.25) is 0 Å². The third-order valence-electron chi connectivity index (χ3n) is 4.53. The first kappa shape index (κ1) is 17.6.